The quantitative estimate of drug-likeness (QED) is 0.133. The van der Waals surface area contributed by atoms with Crippen LogP contribution in [0.5, 0.6) is 0 Å². The number of rotatable bonds is 4. The van der Waals surface area contributed by atoms with Gasteiger partial charge in [0.15, 0.2) is 40.6 Å². The Morgan fingerprint density at radius 3 is 1.95 bits per heavy atom. The molecule has 2 aliphatic rings. The lowest BCUT2D eigenvalue weighted by Gasteiger charge is -2.30. The number of ether oxygens (including phenoxy) is 3. The van der Waals surface area contributed by atoms with E-state index in [2.05, 4.69) is 84.6 Å². The molecule has 5 aromatic heterocycles. The number of imidazole rings is 2. The van der Waals surface area contributed by atoms with Gasteiger partial charge in [0.1, 0.15) is 16.0 Å². The van der Waals surface area contributed by atoms with Gasteiger partial charge in [0.05, 0.1) is 60.5 Å². The summed E-state index contributed by atoms with van der Waals surface area (Å²) in [6.45, 7) is 5.42. The SMILES string of the molecule is COC(=O)c1nccnc1N.Cc1ccc2nc(-c3nc(Br)cnc3N)[nH]c2c1.Cc1ccc2nc(-c3nc(C4=CCC5(CC4)OCCO5)cnc3N)[nH]c2c1. The molecule has 7 aromatic rings. The predicted octanol–water partition coefficient (Wildman–Crippen LogP) is 5.74. The molecule has 0 atom stereocenters. The van der Waals surface area contributed by atoms with E-state index in [1.165, 1.54) is 30.6 Å². The third-order valence-corrected chi connectivity index (χ3v) is 9.36. The molecule has 56 heavy (non-hydrogen) atoms. The number of nitrogens with one attached hydrogen (secondary N) is 2. The zero-order valence-corrected chi connectivity index (χ0v) is 32.3. The Morgan fingerprint density at radius 2 is 1.38 bits per heavy atom. The number of methoxy groups -OCH3 is 1. The van der Waals surface area contributed by atoms with Gasteiger partial charge in [-0.05, 0) is 77.2 Å². The number of benzene rings is 2. The standard InChI is InChI=1S/C20H21N5O2.C12H10BrN5.C6H7N3O2/c1-12-2-3-14-15(10-12)25-19(24-14)17-18(21)22-11-16(23-17)13-4-6-20(7-5-13)26-8-9-27-20;1-6-2-3-7-8(4-6)17-12(16-7)10-11(14)15-5-9(13)18-10;1-11-6(10)4-5(7)9-3-2-8-4/h2-4,10-11H,5-9H2,1H3,(H2,21,22)(H,24,25);2-5H,1H3,(H2,14,15)(H,16,17);2-3H,1H3,(H2,7,9). The number of nitrogen functional groups attached to an aromatic ring is 3. The first-order chi connectivity index (χ1) is 27.0. The number of aromatic amines is 2. The van der Waals surface area contributed by atoms with Crippen LogP contribution in [-0.2, 0) is 14.2 Å². The van der Waals surface area contributed by atoms with Crippen molar-refractivity contribution in [1.82, 2.24) is 49.8 Å². The summed E-state index contributed by atoms with van der Waals surface area (Å²) in [5, 5.41) is 0. The first-order valence-corrected chi connectivity index (χ1v) is 18.3. The Hall–Kier alpha value is -6.37. The molecule has 0 saturated carbocycles. The summed E-state index contributed by atoms with van der Waals surface area (Å²) in [4.78, 5) is 51.3. The average Bonchev–Trinajstić information content (AvgIpc) is 3.95. The number of allylic oxidation sites excluding steroid dienone is 1. The van der Waals surface area contributed by atoms with Gasteiger partial charge in [-0.3, -0.25) is 0 Å². The summed E-state index contributed by atoms with van der Waals surface area (Å²) in [6.07, 6.45) is 10.6. The number of hydrogen-bond acceptors (Lipinski definition) is 15. The fourth-order valence-electron chi connectivity index (χ4n) is 6.15. The number of carbonyl (C=O) groups excluding carboxylic acids is 1. The van der Waals surface area contributed by atoms with Gasteiger partial charge in [-0.2, -0.15) is 0 Å². The molecule has 2 aromatic carbocycles. The number of anilines is 3. The van der Waals surface area contributed by atoms with E-state index in [1.807, 2.05) is 37.3 Å². The van der Waals surface area contributed by atoms with Crippen molar-refractivity contribution < 1.29 is 19.0 Å². The van der Waals surface area contributed by atoms with Crippen LogP contribution in [0.25, 0.3) is 50.7 Å². The van der Waals surface area contributed by atoms with Crippen molar-refractivity contribution in [2.45, 2.75) is 38.9 Å². The minimum absolute atomic E-state index is 0.0509. The molecule has 0 bridgehead atoms. The summed E-state index contributed by atoms with van der Waals surface area (Å²) in [6, 6.07) is 12.1. The maximum absolute atomic E-state index is 10.8. The lowest BCUT2D eigenvalue weighted by molar-refractivity contribution is -0.159. The number of fused-ring (bicyclic) bond motifs is 2. The third-order valence-electron chi connectivity index (χ3n) is 8.98. The molecule has 1 saturated heterocycles. The molecule has 1 aliphatic carbocycles. The highest BCUT2D eigenvalue weighted by Crippen LogP contribution is 2.38. The number of nitrogens with two attached hydrogens (primary N) is 3. The van der Waals surface area contributed by atoms with Gasteiger partial charge in [-0.15, -0.1) is 0 Å². The van der Waals surface area contributed by atoms with Crippen molar-refractivity contribution in [3.05, 3.63) is 94.4 Å². The van der Waals surface area contributed by atoms with Gasteiger partial charge >= 0.3 is 5.97 Å². The van der Waals surface area contributed by atoms with E-state index in [4.69, 9.17) is 31.7 Å². The fraction of sp³-hybridized carbons (Fsp3) is 0.237. The van der Waals surface area contributed by atoms with Crippen molar-refractivity contribution >= 4 is 67.0 Å². The monoisotopic (exact) mass is 819 g/mol. The Kier molecular flexibility index (Phi) is 10.9. The maximum Gasteiger partial charge on any atom is 0.360 e. The van der Waals surface area contributed by atoms with Gasteiger partial charge in [0, 0.05) is 25.2 Å². The normalized spacial score (nSPS) is 14.5. The molecule has 6 heterocycles. The van der Waals surface area contributed by atoms with Gasteiger partial charge in [0.25, 0.3) is 0 Å². The Balaban J connectivity index is 0.000000143. The van der Waals surface area contributed by atoms with Crippen molar-refractivity contribution in [2.75, 3.05) is 37.5 Å². The Labute approximate surface area is 328 Å². The molecule has 18 heteroatoms. The van der Waals surface area contributed by atoms with E-state index in [0.29, 0.717) is 52.5 Å². The number of halogens is 1. The number of aromatic nitrogens is 10. The zero-order valence-electron chi connectivity index (χ0n) is 30.7. The van der Waals surface area contributed by atoms with E-state index in [9.17, 15) is 4.79 Å². The van der Waals surface area contributed by atoms with Crippen LogP contribution >= 0.6 is 15.9 Å². The second-order valence-corrected chi connectivity index (χ2v) is 13.8. The number of nitrogens with zero attached hydrogens (tertiary/aromatic N) is 8. The summed E-state index contributed by atoms with van der Waals surface area (Å²) in [7, 11) is 1.26. The minimum Gasteiger partial charge on any atom is -0.464 e. The highest BCUT2D eigenvalue weighted by molar-refractivity contribution is 9.10. The number of H-pyrrole nitrogens is 2. The summed E-state index contributed by atoms with van der Waals surface area (Å²) in [5.74, 6) is 1.05. The summed E-state index contributed by atoms with van der Waals surface area (Å²) < 4.78 is 16.6. The van der Waals surface area contributed by atoms with Crippen LogP contribution in [0.2, 0.25) is 0 Å². The largest absolute Gasteiger partial charge is 0.464 e. The van der Waals surface area contributed by atoms with Crippen LogP contribution in [0.4, 0.5) is 17.5 Å². The Morgan fingerprint density at radius 1 is 0.786 bits per heavy atom. The molecule has 1 fully saturated rings. The van der Waals surface area contributed by atoms with Crippen LogP contribution in [0.1, 0.15) is 46.6 Å². The van der Waals surface area contributed by atoms with Crippen LogP contribution in [0.3, 0.4) is 0 Å². The fourth-order valence-corrected chi connectivity index (χ4v) is 6.43. The van der Waals surface area contributed by atoms with Gasteiger partial charge in [-0.25, -0.2) is 44.7 Å². The minimum atomic E-state index is -0.574. The van der Waals surface area contributed by atoms with Crippen LogP contribution in [0.15, 0.2) is 71.9 Å². The van der Waals surface area contributed by atoms with E-state index < -0.39 is 11.8 Å². The maximum atomic E-state index is 10.8. The van der Waals surface area contributed by atoms with Crippen LogP contribution in [0, 0.1) is 13.8 Å². The molecule has 1 spiro atoms. The van der Waals surface area contributed by atoms with Gasteiger partial charge in [0.2, 0.25) is 0 Å². The first kappa shape index (κ1) is 37.9. The van der Waals surface area contributed by atoms with Crippen LogP contribution < -0.4 is 17.2 Å². The molecule has 0 amide bonds. The average molecular weight is 821 g/mol. The molecular formula is C38H38BrN13O4. The van der Waals surface area contributed by atoms with Crippen molar-refractivity contribution in [3.63, 3.8) is 0 Å². The van der Waals surface area contributed by atoms with Gasteiger partial charge in [-0.1, -0.05) is 18.2 Å². The molecule has 1 aliphatic heterocycles. The lowest BCUT2D eigenvalue weighted by Crippen LogP contribution is -2.31. The topological polar surface area (TPSA) is 258 Å². The number of carbonyl (C=O) groups is 1. The molecule has 0 unspecified atom stereocenters. The predicted molar refractivity (Wildman–Crippen MR) is 214 cm³/mol. The molecule has 286 valence electrons. The Bertz CT molecular complexity index is 2580. The summed E-state index contributed by atoms with van der Waals surface area (Å²) >= 11 is 3.28. The number of aryl methyl sites for hydroxylation is 2. The van der Waals surface area contributed by atoms with E-state index in [1.54, 1.807) is 12.4 Å². The summed E-state index contributed by atoms with van der Waals surface area (Å²) in [5.41, 5.74) is 26.4. The third kappa shape index (κ3) is 8.31. The lowest BCUT2D eigenvalue weighted by atomic mass is 9.92. The zero-order chi connectivity index (χ0) is 39.4. The highest BCUT2D eigenvalue weighted by atomic mass is 79.9. The smallest absolute Gasteiger partial charge is 0.360 e. The number of esters is 1. The van der Waals surface area contributed by atoms with Crippen molar-refractivity contribution in [3.8, 4) is 23.0 Å². The molecule has 0 radical (unpaired) electrons. The van der Waals surface area contributed by atoms with Crippen molar-refractivity contribution in [1.29, 1.82) is 0 Å². The number of hydrogen-bond donors (Lipinski definition) is 5. The van der Waals surface area contributed by atoms with E-state index in [0.717, 1.165) is 52.6 Å². The molecule has 8 N–H and O–H groups in total. The molecular weight excluding hydrogens is 782 g/mol. The second-order valence-electron chi connectivity index (χ2n) is 13.0. The second kappa shape index (κ2) is 16.2. The molecule has 17 nitrogen and oxygen atoms in total. The van der Waals surface area contributed by atoms with E-state index in [-0.39, 0.29) is 11.5 Å². The van der Waals surface area contributed by atoms with E-state index >= 15 is 0 Å². The first-order valence-electron chi connectivity index (χ1n) is 17.5. The van der Waals surface area contributed by atoms with Crippen molar-refractivity contribution in [2.24, 2.45) is 0 Å². The van der Waals surface area contributed by atoms with Crippen LogP contribution in [-0.4, -0.2) is 81.9 Å². The highest BCUT2D eigenvalue weighted by Gasteiger charge is 2.38. The molecule has 9 rings (SSSR count). The van der Waals surface area contributed by atoms with Gasteiger partial charge < -0.3 is 41.4 Å².